The summed E-state index contributed by atoms with van der Waals surface area (Å²) in [7, 11) is 1.67. The van der Waals surface area contributed by atoms with Crippen LogP contribution in [0.15, 0.2) is 5.38 Å². The Balaban J connectivity index is 2.88. The summed E-state index contributed by atoms with van der Waals surface area (Å²) in [6.45, 7) is 6.71. The van der Waals surface area contributed by atoms with Gasteiger partial charge in [-0.25, -0.2) is 0 Å². The molecule has 0 aliphatic heterocycles. The Morgan fingerprint density at radius 3 is 2.60 bits per heavy atom. The first-order valence-corrected chi connectivity index (χ1v) is 6.60. The first-order chi connectivity index (χ1) is 7.03. The van der Waals surface area contributed by atoms with Gasteiger partial charge in [-0.05, 0) is 22.8 Å². The third-order valence-corrected chi connectivity index (χ3v) is 4.20. The van der Waals surface area contributed by atoms with Gasteiger partial charge in [-0.3, -0.25) is 0 Å². The Morgan fingerprint density at radius 2 is 2.13 bits per heavy atom. The van der Waals surface area contributed by atoms with Crippen LogP contribution in [0.2, 0.25) is 5.02 Å². The molecule has 1 heterocycles. The number of hydrogen-bond acceptors (Lipinski definition) is 2. The molecule has 0 N–H and O–H groups in total. The number of rotatable bonds is 5. The molecule has 0 unspecified atom stereocenters. The normalized spacial score (nSPS) is 11.8. The maximum absolute atomic E-state index is 6.27. The fourth-order valence-electron chi connectivity index (χ4n) is 1.67. The topological polar surface area (TPSA) is 9.23 Å². The lowest BCUT2D eigenvalue weighted by Gasteiger charge is -2.24. The number of unbranched alkanes of at least 4 members (excludes halogenated alkanes) is 1. The molecule has 1 aromatic heterocycles. The van der Waals surface area contributed by atoms with E-state index in [1.807, 2.05) is 0 Å². The van der Waals surface area contributed by atoms with Crippen LogP contribution in [-0.4, -0.2) is 7.11 Å². The van der Waals surface area contributed by atoms with Gasteiger partial charge in [-0.2, -0.15) is 0 Å². The van der Waals surface area contributed by atoms with Gasteiger partial charge in [0.1, 0.15) is 0 Å². The van der Waals surface area contributed by atoms with Gasteiger partial charge in [0.2, 0.25) is 0 Å². The highest BCUT2D eigenvalue weighted by atomic mass is 35.5. The number of thiophene rings is 1. The zero-order valence-electron chi connectivity index (χ0n) is 9.89. The third-order valence-electron chi connectivity index (χ3n) is 2.77. The third kappa shape index (κ3) is 2.88. The molecule has 1 aromatic rings. The van der Waals surface area contributed by atoms with E-state index in [1.165, 1.54) is 24.8 Å². The Kier molecular flexibility index (Phi) is 4.47. The minimum absolute atomic E-state index is 0.153. The molecule has 0 aliphatic rings. The molecule has 0 spiro atoms. The molecule has 86 valence electrons. The van der Waals surface area contributed by atoms with E-state index in [1.54, 1.807) is 18.4 Å². The fourth-order valence-corrected chi connectivity index (χ4v) is 3.23. The highest BCUT2D eigenvalue weighted by Crippen LogP contribution is 2.43. The van der Waals surface area contributed by atoms with Crippen LogP contribution in [0.25, 0.3) is 0 Å². The van der Waals surface area contributed by atoms with Crippen LogP contribution < -0.4 is 4.74 Å². The summed E-state index contributed by atoms with van der Waals surface area (Å²) < 4.78 is 5.21. The second kappa shape index (κ2) is 5.22. The largest absolute Gasteiger partial charge is 0.486 e. The predicted molar refractivity (Wildman–Crippen MR) is 68.4 cm³/mol. The van der Waals surface area contributed by atoms with Crippen molar-refractivity contribution >= 4 is 22.9 Å². The van der Waals surface area contributed by atoms with E-state index in [2.05, 4.69) is 26.2 Å². The van der Waals surface area contributed by atoms with Crippen LogP contribution in [0.3, 0.4) is 0 Å². The molecule has 0 radical (unpaired) electrons. The molecule has 1 nitrogen and oxygen atoms in total. The molecular formula is C12H19ClOS. The van der Waals surface area contributed by atoms with Crippen LogP contribution in [0.5, 0.6) is 5.06 Å². The monoisotopic (exact) mass is 246 g/mol. The zero-order chi connectivity index (χ0) is 11.5. The molecule has 3 heteroatoms. The Labute approximate surface area is 101 Å². The van der Waals surface area contributed by atoms with Crippen molar-refractivity contribution in [3.05, 3.63) is 16.0 Å². The lowest BCUT2D eigenvalue weighted by Crippen LogP contribution is -2.16. The highest BCUT2D eigenvalue weighted by Gasteiger charge is 2.25. The Hall–Kier alpha value is -0.210. The predicted octanol–water partition coefficient (Wildman–Crippen LogP) is 4.88. The molecule has 0 atom stereocenters. The molecule has 0 amide bonds. The summed E-state index contributed by atoms with van der Waals surface area (Å²) >= 11 is 7.86. The number of ether oxygens (including phenoxy) is 1. The van der Waals surface area contributed by atoms with Crippen molar-refractivity contribution in [2.24, 2.45) is 0 Å². The standard InChI is InChI=1S/C12H19ClOS/c1-5-6-7-12(2,3)9-8-15-11(14-4)10(9)13/h8H,5-7H2,1-4H3. The van der Waals surface area contributed by atoms with E-state index in [4.69, 9.17) is 16.3 Å². The van der Waals surface area contributed by atoms with Gasteiger partial charge in [0.25, 0.3) is 0 Å². The van der Waals surface area contributed by atoms with E-state index < -0.39 is 0 Å². The number of halogens is 1. The van der Waals surface area contributed by atoms with Gasteiger partial charge >= 0.3 is 0 Å². The van der Waals surface area contributed by atoms with E-state index in [0.29, 0.717) is 0 Å². The lowest BCUT2D eigenvalue weighted by atomic mass is 9.82. The summed E-state index contributed by atoms with van der Waals surface area (Å²) in [5.41, 5.74) is 1.37. The van der Waals surface area contributed by atoms with Gasteiger partial charge in [0.15, 0.2) is 5.06 Å². The van der Waals surface area contributed by atoms with Gasteiger partial charge in [-0.15, -0.1) is 11.3 Å². The van der Waals surface area contributed by atoms with Crippen molar-refractivity contribution in [3.8, 4) is 5.06 Å². The minimum atomic E-state index is 0.153. The molecule has 0 fully saturated rings. The molecule has 0 aromatic carbocycles. The van der Waals surface area contributed by atoms with Crippen molar-refractivity contribution in [2.45, 2.75) is 45.4 Å². The molecule has 0 saturated heterocycles. The average molecular weight is 247 g/mol. The number of methoxy groups -OCH3 is 1. The van der Waals surface area contributed by atoms with Crippen molar-refractivity contribution in [3.63, 3.8) is 0 Å². The van der Waals surface area contributed by atoms with Crippen LogP contribution in [0, 0.1) is 0 Å². The highest BCUT2D eigenvalue weighted by molar-refractivity contribution is 7.12. The van der Waals surface area contributed by atoms with Crippen LogP contribution in [0.4, 0.5) is 0 Å². The van der Waals surface area contributed by atoms with E-state index >= 15 is 0 Å². The van der Waals surface area contributed by atoms with Crippen molar-refractivity contribution < 1.29 is 4.74 Å². The first-order valence-electron chi connectivity index (χ1n) is 5.34. The number of hydrogen-bond donors (Lipinski definition) is 0. The SMILES string of the molecule is CCCCC(C)(C)c1csc(OC)c1Cl. The summed E-state index contributed by atoms with van der Waals surface area (Å²) in [5.74, 6) is 0. The maximum Gasteiger partial charge on any atom is 0.192 e. The molecular weight excluding hydrogens is 228 g/mol. The maximum atomic E-state index is 6.27. The van der Waals surface area contributed by atoms with Gasteiger partial charge in [0.05, 0.1) is 12.1 Å². The lowest BCUT2D eigenvalue weighted by molar-refractivity contribution is 0.423. The summed E-state index contributed by atoms with van der Waals surface area (Å²) in [4.78, 5) is 0. The molecule has 0 saturated carbocycles. The average Bonchev–Trinajstić information content (AvgIpc) is 2.57. The minimum Gasteiger partial charge on any atom is -0.486 e. The van der Waals surface area contributed by atoms with E-state index in [-0.39, 0.29) is 5.41 Å². The fraction of sp³-hybridized carbons (Fsp3) is 0.667. The molecule has 0 bridgehead atoms. The van der Waals surface area contributed by atoms with Gasteiger partial charge in [0, 0.05) is 0 Å². The van der Waals surface area contributed by atoms with Gasteiger partial charge in [-0.1, -0.05) is 45.2 Å². The second-order valence-electron chi connectivity index (χ2n) is 4.44. The van der Waals surface area contributed by atoms with Crippen LogP contribution in [-0.2, 0) is 5.41 Å². The quantitative estimate of drug-likeness (QED) is 0.720. The van der Waals surface area contributed by atoms with Crippen molar-refractivity contribution in [2.75, 3.05) is 7.11 Å². The molecule has 1 rings (SSSR count). The summed E-state index contributed by atoms with van der Waals surface area (Å²) in [6.07, 6.45) is 3.63. The van der Waals surface area contributed by atoms with E-state index in [9.17, 15) is 0 Å². The zero-order valence-corrected chi connectivity index (χ0v) is 11.5. The summed E-state index contributed by atoms with van der Waals surface area (Å²) in [6, 6.07) is 0. The second-order valence-corrected chi connectivity index (χ2v) is 5.66. The van der Waals surface area contributed by atoms with Crippen molar-refractivity contribution in [1.82, 2.24) is 0 Å². The van der Waals surface area contributed by atoms with E-state index in [0.717, 1.165) is 10.1 Å². The summed E-state index contributed by atoms with van der Waals surface area (Å²) in [5, 5.41) is 3.75. The van der Waals surface area contributed by atoms with Crippen LogP contribution in [0.1, 0.15) is 45.6 Å². The molecule has 0 aliphatic carbocycles. The smallest absolute Gasteiger partial charge is 0.192 e. The van der Waals surface area contributed by atoms with Gasteiger partial charge < -0.3 is 4.74 Å². The van der Waals surface area contributed by atoms with Crippen molar-refractivity contribution in [1.29, 1.82) is 0 Å². The van der Waals surface area contributed by atoms with Crippen LogP contribution >= 0.6 is 22.9 Å². The molecule has 15 heavy (non-hydrogen) atoms. The Morgan fingerprint density at radius 1 is 1.47 bits per heavy atom. The first kappa shape index (κ1) is 12.9. The Bertz CT molecular complexity index is 317.